The zero-order valence-electron chi connectivity index (χ0n) is 15.7. The van der Waals surface area contributed by atoms with Crippen molar-refractivity contribution in [2.75, 3.05) is 5.75 Å². The summed E-state index contributed by atoms with van der Waals surface area (Å²) >= 11 is 2.00. The monoisotopic (exact) mass is 346 g/mol. The van der Waals surface area contributed by atoms with Gasteiger partial charge in [0.25, 0.3) is 0 Å². The molecule has 0 saturated heterocycles. The van der Waals surface area contributed by atoms with Crippen LogP contribution in [-0.2, 0) is 6.42 Å². The van der Waals surface area contributed by atoms with Crippen molar-refractivity contribution >= 4 is 11.8 Å². The fourth-order valence-electron chi connectivity index (χ4n) is 2.98. The smallest absolute Gasteiger partial charge is 0.0166 e. The average molecular weight is 347 g/mol. The van der Waals surface area contributed by atoms with Crippen LogP contribution in [0.4, 0.5) is 0 Å². The molecule has 1 aromatic carbocycles. The van der Waals surface area contributed by atoms with Gasteiger partial charge in [-0.3, -0.25) is 0 Å². The lowest BCUT2D eigenvalue weighted by Crippen LogP contribution is -1.87. The van der Waals surface area contributed by atoms with E-state index in [-0.39, 0.29) is 0 Å². The maximum atomic E-state index is 3.90. The fraction of sp³-hybridized carbons (Fsp3) is 0.652. The van der Waals surface area contributed by atoms with Gasteiger partial charge in [0.1, 0.15) is 0 Å². The second-order valence-corrected chi connectivity index (χ2v) is 7.88. The third kappa shape index (κ3) is 14.0. The molecule has 24 heavy (non-hydrogen) atoms. The van der Waals surface area contributed by atoms with E-state index < -0.39 is 0 Å². The minimum absolute atomic E-state index is 1.11. The number of hydrogen-bond acceptors (Lipinski definition) is 1. The summed E-state index contributed by atoms with van der Waals surface area (Å²) < 4.78 is 0. The Morgan fingerprint density at radius 2 is 1.25 bits per heavy atom. The quantitative estimate of drug-likeness (QED) is 0.257. The summed E-state index contributed by atoms with van der Waals surface area (Å²) in [6, 6.07) is 10.8. The third-order valence-corrected chi connectivity index (χ3v) is 5.45. The molecule has 0 saturated carbocycles. The second kappa shape index (κ2) is 17.4. The number of aryl methyl sites for hydroxylation is 1. The first-order valence-corrected chi connectivity index (χ1v) is 11.2. The van der Waals surface area contributed by atoms with Crippen LogP contribution < -0.4 is 0 Å². The zero-order chi connectivity index (χ0) is 17.1. The van der Waals surface area contributed by atoms with Gasteiger partial charge in [0.05, 0.1) is 0 Å². The summed E-state index contributed by atoms with van der Waals surface area (Å²) in [7, 11) is 0. The Bertz CT molecular complexity index is 346. The molecule has 136 valence electrons. The Morgan fingerprint density at radius 1 is 0.708 bits per heavy atom. The van der Waals surface area contributed by atoms with Crippen molar-refractivity contribution in [2.45, 2.75) is 89.9 Å². The van der Waals surface area contributed by atoms with Gasteiger partial charge in [-0.2, -0.15) is 11.8 Å². The molecule has 0 unspecified atom stereocenters. The van der Waals surface area contributed by atoms with E-state index in [2.05, 4.69) is 43.0 Å². The van der Waals surface area contributed by atoms with Crippen LogP contribution in [0.25, 0.3) is 0 Å². The van der Waals surface area contributed by atoms with Crippen molar-refractivity contribution in [1.82, 2.24) is 0 Å². The predicted molar refractivity (Wildman–Crippen MR) is 112 cm³/mol. The van der Waals surface area contributed by atoms with Crippen LogP contribution in [0.1, 0.15) is 89.0 Å². The van der Waals surface area contributed by atoms with Crippen LogP contribution in [0.2, 0.25) is 0 Å². The molecule has 0 atom stereocenters. The number of hydrogen-bond donors (Lipinski definition) is 0. The molecule has 0 nitrogen and oxygen atoms in total. The van der Waals surface area contributed by atoms with E-state index in [1.165, 1.54) is 94.8 Å². The Balaban J connectivity index is 1.70. The van der Waals surface area contributed by atoms with E-state index in [1.54, 1.807) is 0 Å². The van der Waals surface area contributed by atoms with Gasteiger partial charge in [0.2, 0.25) is 0 Å². The highest BCUT2D eigenvalue weighted by molar-refractivity contribution is 8.01. The molecule has 0 heterocycles. The maximum absolute atomic E-state index is 3.90. The van der Waals surface area contributed by atoms with Crippen LogP contribution in [0.3, 0.4) is 0 Å². The highest BCUT2D eigenvalue weighted by Crippen LogP contribution is 2.16. The number of thioether (sulfide) groups is 1. The Morgan fingerprint density at radius 3 is 1.83 bits per heavy atom. The van der Waals surface area contributed by atoms with Crippen molar-refractivity contribution in [1.29, 1.82) is 0 Å². The largest absolute Gasteiger partial charge is 0.157 e. The Kier molecular flexibility index (Phi) is 15.7. The van der Waals surface area contributed by atoms with Gasteiger partial charge in [-0.15, -0.1) is 0 Å². The summed E-state index contributed by atoms with van der Waals surface area (Å²) in [4.78, 5) is 0. The molecule has 2 radical (unpaired) electrons. The van der Waals surface area contributed by atoms with Gasteiger partial charge in [-0.25, -0.2) is 0 Å². The molecule has 0 aliphatic carbocycles. The molecule has 0 spiro atoms. The van der Waals surface area contributed by atoms with Crippen molar-refractivity contribution in [3.8, 4) is 0 Å². The van der Waals surface area contributed by atoms with Gasteiger partial charge in [-0.1, -0.05) is 114 Å². The average Bonchev–Trinajstić information content (AvgIpc) is 2.62. The molecular formula is C23H38S. The molecule has 0 fully saturated rings. The van der Waals surface area contributed by atoms with Crippen molar-refractivity contribution in [2.24, 2.45) is 0 Å². The minimum atomic E-state index is 1.11. The molecular weight excluding hydrogens is 308 g/mol. The minimum Gasteiger partial charge on any atom is -0.157 e. The second-order valence-electron chi connectivity index (χ2n) is 6.80. The number of benzene rings is 1. The standard InChI is InChI=1S/C23H38S/c1-2-3-4-5-6-7-8-9-10-11-12-13-17-21-24-22-20-23-18-15-14-16-19-23/h14-16,18-19,21H,1-13,17,20,22H2. The van der Waals surface area contributed by atoms with Crippen LogP contribution >= 0.6 is 11.8 Å². The number of unbranched alkanes of at least 4 members (excludes halogenated alkanes) is 12. The van der Waals surface area contributed by atoms with E-state index in [0.29, 0.717) is 0 Å². The van der Waals surface area contributed by atoms with Gasteiger partial charge in [0.15, 0.2) is 0 Å². The Labute approximate surface area is 156 Å². The first-order chi connectivity index (χ1) is 11.9. The first-order valence-electron chi connectivity index (χ1n) is 10.2. The topological polar surface area (TPSA) is 0 Å². The molecule has 0 aromatic heterocycles. The third-order valence-electron chi connectivity index (χ3n) is 4.54. The first kappa shape index (κ1) is 21.6. The van der Waals surface area contributed by atoms with Crippen LogP contribution in [0, 0.1) is 12.7 Å². The summed E-state index contributed by atoms with van der Waals surface area (Å²) in [5.41, 5.74) is 1.46. The summed E-state index contributed by atoms with van der Waals surface area (Å²) in [6.07, 6.45) is 19.2. The van der Waals surface area contributed by atoms with Gasteiger partial charge in [0, 0.05) is 5.75 Å². The highest BCUT2D eigenvalue weighted by atomic mass is 32.2. The maximum Gasteiger partial charge on any atom is 0.0166 e. The van der Waals surface area contributed by atoms with E-state index in [9.17, 15) is 0 Å². The molecule has 0 aliphatic heterocycles. The van der Waals surface area contributed by atoms with Crippen LogP contribution in [0.15, 0.2) is 30.3 Å². The molecule has 1 rings (SSSR count). The van der Waals surface area contributed by atoms with E-state index in [0.717, 1.165) is 6.42 Å². The van der Waals surface area contributed by atoms with Gasteiger partial charge < -0.3 is 0 Å². The molecule has 0 bridgehead atoms. The van der Waals surface area contributed by atoms with Crippen LogP contribution in [0.5, 0.6) is 0 Å². The summed E-state index contributed by atoms with van der Waals surface area (Å²) in [5.74, 6) is 3.65. The molecule has 0 aliphatic rings. The van der Waals surface area contributed by atoms with E-state index in [4.69, 9.17) is 0 Å². The molecule has 1 heteroatoms. The van der Waals surface area contributed by atoms with Crippen molar-refractivity contribution < 1.29 is 0 Å². The Hall–Kier alpha value is -0.430. The van der Waals surface area contributed by atoms with Crippen molar-refractivity contribution in [3.63, 3.8) is 0 Å². The SMILES string of the molecule is [CH2]CCCCCCCCCCCCC[CH]SCCc1ccccc1. The summed E-state index contributed by atoms with van der Waals surface area (Å²) in [6.45, 7) is 3.90. The highest BCUT2D eigenvalue weighted by Gasteiger charge is 1.96. The fourth-order valence-corrected chi connectivity index (χ4v) is 3.84. The lowest BCUT2D eigenvalue weighted by Gasteiger charge is -2.03. The van der Waals surface area contributed by atoms with Crippen LogP contribution in [-0.4, -0.2) is 5.75 Å². The normalized spacial score (nSPS) is 11.0. The van der Waals surface area contributed by atoms with Crippen molar-refractivity contribution in [3.05, 3.63) is 48.6 Å². The lowest BCUT2D eigenvalue weighted by atomic mass is 10.1. The van der Waals surface area contributed by atoms with Gasteiger partial charge in [-0.05, 0) is 24.2 Å². The lowest BCUT2D eigenvalue weighted by molar-refractivity contribution is 0.546. The summed E-state index contributed by atoms with van der Waals surface area (Å²) in [5, 5.41) is 0. The molecule has 1 aromatic rings. The molecule has 0 amide bonds. The van der Waals surface area contributed by atoms with E-state index in [1.807, 2.05) is 11.8 Å². The predicted octanol–water partition coefficient (Wildman–Crippen LogP) is 8.03. The zero-order valence-corrected chi connectivity index (χ0v) is 16.5. The molecule has 0 N–H and O–H groups in total. The number of rotatable bonds is 17. The van der Waals surface area contributed by atoms with Gasteiger partial charge >= 0.3 is 0 Å². The van der Waals surface area contributed by atoms with E-state index >= 15 is 0 Å².